The zero-order chi connectivity index (χ0) is 97.1. The Hall–Kier alpha value is -6.58. The molecule has 2 saturated heterocycles. The van der Waals surface area contributed by atoms with Crippen LogP contribution in [0.3, 0.4) is 0 Å². The molecule has 26 nitrogen and oxygen atoms in total. The Labute approximate surface area is 777 Å². The number of rotatable bonds is 32. The van der Waals surface area contributed by atoms with Crippen molar-refractivity contribution in [2.45, 2.75) is 403 Å². The molecule has 18 fully saturated rings. The van der Waals surface area contributed by atoms with E-state index in [0.29, 0.717) is 110 Å². The minimum Gasteiger partial charge on any atom is -0.463 e. The lowest BCUT2D eigenvalue weighted by molar-refractivity contribution is -0.239. The van der Waals surface area contributed by atoms with E-state index in [9.17, 15) is 47.9 Å². The summed E-state index contributed by atoms with van der Waals surface area (Å²) in [7, 11) is 0. The van der Waals surface area contributed by atoms with E-state index in [2.05, 4.69) is 31.1 Å². The first kappa shape index (κ1) is 110. The maximum absolute atomic E-state index is 12.6. The van der Waals surface area contributed by atoms with Gasteiger partial charge in [-0.05, 0) is 349 Å². The number of aliphatic hydroxyl groups excluding tert-OH is 2. The summed E-state index contributed by atoms with van der Waals surface area (Å²) in [5.41, 5.74) is -1.76. The van der Waals surface area contributed by atoms with Crippen LogP contribution in [0.2, 0.25) is 0 Å². The number of carbonyl (C=O) groups excluding carboxylic acids is 10. The van der Waals surface area contributed by atoms with E-state index >= 15 is 0 Å². The number of ether oxygens (including phenoxy) is 14. The van der Waals surface area contributed by atoms with Gasteiger partial charge in [-0.3, -0.25) is 19.2 Å². The topological polar surface area (TPSA) is 340 Å². The molecule has 2 heterocycles. The molecule has 0 spiro atoms. The van der Waals surface area contributed by atoms with Crippen LogP contribution in [-0.2, 0) is 114 Å². The summed E-state index contributed by atoms with van der Waals surface area (Å²) in [5, 5.41) is 18.1. The molecule has 6 atom stereocenters. The molecule has 16 aliphatic carbocycles. The maximum Gasteiger partial charge on any atom is 0.347 e. The molecule has 6 unspecified atom stereocenters. The van der Waals surface area contributed by atoms with Gasteiger partial charge in [0.25, 0.3) is 0 Å². The first-order valence-electron chi connectivity index (χ1n) is 49.0. The van der Waals surface area contributed by atoms with Crippen LogP contribution in [0.4, 0.5) is 0 Å². The fraction of sp³-hybridized carbons (Fsp3) is 0.827. The summed E-state index contributed by atoms with van der Waals surface area (Å²) >= 11 is 0. The van der Waals surface area contributed by atoms with Crippen LogP contribution in [0.5, 0.6) is 0 Å². The van der Waals surface area contributed by atoms with E-state index in [4.69, 9.17) is 71.8 Å². The van der Waals surface area contributed by atoms with Gasteiger partial charge in [-0.1, -0.05) is 67.9 Å². The largest absolute Gasteiger partial charge is 0.463 e. The van der Waals surface area contributed by atoms with Crippen molar-refractivity contribution in [3.63, 3.8) is 0 Å². The molecule has 0 aromatic rings. The van der Waals surface area contributed by atoms with Gasteiger partial charge < -0.3 is 76.5 Å². The van der Waals surface area contributed by atoms with Crippen molar-refractivity contribution in [2.24, 2.45) is 92.7 Å². The average molecular weight is 1830 g/mol. The van der Waals surface area contributed by atoms with Crippen molar-refractivity contribution < 1.29 is 124 Å². The molecule has 26 heteroatoms. The molecule has 18 aliphatic rings. The predicted molar refractivity (Wildman–Crippen MR) is 492 cm³/mol. The van der Waals surface area contributed by atoms with Crippen molar-refractivity contribution in [1.82, 2.24) is 0 Å². The van der Waals surface area contributed by atoms with Crippen molar-refractivity contribution in [3.8, 4) is 0 Å². The fourth-order valence-electron chi connectivity index (χ4n) is 22.0. The first-order valence-corrected chi connectivity index (χ1v) is 49.0. The van der Waals surface area contributed by atoms with Crippen molar-refractivity contribution in [2.75, 3.05) is 53.2 Å². The van der Waals surface area contributed by atoms with Gasteiger partial charge in [0.2, 0.25) is 12.2 Å². The summed E-state index contributed by atoms with van der Waals surface area (Å²) in [5.74, 6) is 6.10. The molecular weight excluding hydrogens is 1670 g/mol. The molecule has 0 amide bonds. The molecule has 18 rings (SSSR count). The van der Waals surface area contributed by atoms with Crippen LogP contribution < -0.4 is 0 Å². The first-order chi connectivity index (χ1) is 60.6. The summed E-state index contributed by atoms with van der Waals surface area (Å²) in [4.78, 5) is 115. The molecular formula is C104H168O26. The summed E-state index contributed by atoms with van der Waals surface area (Å²) in [6.45, 7) is 57.3. The molecule has 0 aromatic heterocycles. The van der Waals surface area contributed by atoms with Crippen LogP contribution in [-0.4, -0.2) is 181 Å². The molecule has 130 heavy (non-hydrogen) atoms. The van der Waals surface area contributed by atoms with Gasteiger partial charge >= 0.3 is 59.7 Å². The quantitative estimate of drug-likeness (QED) is 0.0273. The molecule has 0 radical (unpaired) electrons. The smallest absolute Gasteiger partial charge is 0.347 e. The number of aliphatic hydroxyl groups is 2. The van der Waals surface area contributed by atoms with Crippen LogP contribution in [0.15, 0.2) is 48.6 Å². The highest BCUT2D eigenvalue weighted by atomic mass is 16.7. The zero-order valence-electron chi connectivity index (χ0n) is 83.6. The van der Waals surface area contributed by atoms with E-state index in [1.807, 2.05) is 111 Å². The number of hydrogen-bond acceptors (Lipinski definition) is 26. The lowest BCUT2D eigenvalue weighted by atomic mass is 9.52. The van der Waals surface area contributed by atoms with Gasteiger partial charge in [0, 0.05) is 48.0 Å². The van der Waals surface area contributed by atoms with E-state index in [1.54, 1.807) is 34.6 Å². The molecule has 16 bridgehead atoms. The predicted octanol–water partition coefficient (Wildman–Crippen LogP) is 19.1. The minimum atomic E-state index is -0.728. The van der Waals surface area contributed by atoms with Gasteiger partial charge in [0.15, 0.2) is 13.6 Å². The Kier molecular flexibility index (Phi) is 40.1. The third-order valence-electron chi connectivity index (χ3n) is 30.6. The second-order valence-electron chi connectivity index (χ2n) is 44.6. The number of cyclic esters (lactones) is 2. The third kappa shape index (κ3) is 31.2. The standard InChI is InChI=1S/C18H30O4.C17H28O3.C16H24O4.C15H22O3.C11H22O2.C10H16O4.C9H16O2.C8H10O4/c1-4-16(2,3)15(20)22-18-10-13-7-14(11-18)9-17(8-13,12-18)21-6-5-19;1-4-17(2,3)16(18)20-10-19-15-13-6-11-5-12(8-13)9-14(15)7-11;1-11(2)14(18)20-16-8-12-5-13(9-16)7-15(6-12,10-16)19-4-3-17;1-9(2)15(16)18-8-17-14-12-4-10-3-11(6-12)7-13(14)5-10;1-7-10(3,4)9(12)13-11(5,6)8-2;1-4-10(2,3)9(12)14-7-5-6-13-8(7)11;1-6-9(4,5)11-8(10)7(2)3;1-5(2)7(9)12-6-3-4-11-8(6)10/h13-14,19H,4-12H2,1-3H3;11-15H,4-10H2,1-3H3;12-13,17H,1,3-10H2,2H3;10-14H,1,3-8H2,2H3;7-8H2,1-6H3;7H,4-6H2,1-3H3;2,6H2,1,3-5H3;6H,1,3-4H2,2H3. The second-order valence-corrected chi connectivity index (χ2v) is 44.6. The Morgan fingerprint density at radius 2 is 0.677 bits per heavy atom. The lowest BCUT2D eigenvalue weighted by Gasteiger charge is -2.61. The van der Waals surface area contributed by atoms with Gasteiger partial charge in [0.1, 0.15) is 22.4 Å². The van der Waals surface area contributed by atoms with E-state index in [-0.39, 0.29) is 113 Å². The van der Waals surface area contributed by atoms with Crippen molar-refractivity contribution in [3.05, 3.63) is 48.6 Å². The van der Waals surface area contributed by atoms with Crippen LogP contribution in [0.1, 0.15) is 345 Å². The van der Waals surface area contributed by atoms with E-state index in [0.717, 1.165) is 132 Å². The van der Waals surface area contributed by atoms with Gasteiger partial charge in [-0.15, -0.1) is 0 Å². The van der Waals surface area contributed by atoms with Crippen LogP contribution in [0, 0.1) is 92.7 Å². The summed E-state index contributed by atoms with van der Waals surface area (Å²) in [6, 6.07) is 0. The Morgan fingerprint density at radius 1 is 0.362 bits per heavy atom. The Balaban J connectivity index is 0.000000206. The molecule has 16 saturated carbocycles. The highest BCUT2D eigenvalue weighted by Gasteiger charge is 2.63. The van der Waals surface area contributed by atoms with Crippen molar-refractivity contribution >= 4 is 59.7 Å². The second kappa shape index (κ2) is 47.3. The Bertz CT molecular complexity index is 3790. The normalized spacial score (nSPS) is 31.4. The van der Waals surface area contributed by atoms with Gasteiger partial charge in [-0.25, -0.2) is 28.8 Å². The van der Waals surface area contributed by atoms with Crippen LogP contribution in [0.25, 0.3) is 0 Å². The van der Waals surface area contributed by atoms with Crippen molar-refractivity contribution in [1.29, 1.82) is 0 Å². The third-order valence-corrected chi connectivity index (χ3v) is 30.6. The fourth-order valence-corrected chi connectivity index (χ4v) is 22.0. The zero-order valence-corrected chi connectivity index (χ0v) is 83.6. The van der Waals surface area contributed by atoms with Crippen LogP contribution >= 0.6 is 0 Å². The lowest BCUT2D eigenvalue weighted by Crippen LogP contribution is -2.62. The summed E-state index contributed by atoms with van der Waals surface area (Å²) < 4.78 is 75.9. The molecule has 2 aliphatic heterocycles. The SMILES string of the molecule is C=C(C)C(=O)OC(C)(C)CC.C=C(C)C(=O)OC12CC3CC(CC(OCCO)(C3)C1)C2.C=C(C)C(=O)OC1CCOC1=O.C=C(C)C(=O)OCOC1C2CC3CC(C2)CC1C3.CCC(C)(C)C(=O)OC12CC3CC(CC(OCCO)(C3)C1)C2.CCC(C)(C)C(=O)OC1CCOC1=O.CCC(C)(C)C(=O)OCOC1C2CC3CC(C2)CC1C3.CCC(C)(C)OC(=O)C(C)(C)CC. The molecule has 740 valence electrons. The highest BCUT2D eigenvalue weighted by Crippen LogP contribution is 2.63. The highest BCUT2D eigenvalue weighted by molar-refractivity contribution is 5.90. The maximum atomic E-state index is 12.6. The van der Waals surface area contributed by atoms with Gasteiger partial charge in [0.05, 0.1) is 84.7 Å². The summed E-state index contributed by atoms with van der Waals surface area (Å²) in [6.07, 6.45) is 30.7. The van der Waals surface area contributed by atoms with Gasteiger partial charge in [-0.2, -0.15) is 0 Å². The monoisotopic (exact) mass is 1830 g/mol. The minimum absolute atomic E-state index is 0.0512. The number of hydrogen-bond donors (Lipinski definition) is 2. The number of carbonyl (C=O) groups is 10. The van der Waals surface area contributed by atoms with E-state index in [1.165, 1.54) is 84.0 Å². The molecule has 0 aromatic carbocycles. The molecule has 2 N–H and O–H groups in total. The average Bonchev–Trinajstić information content (AvgIpc) is 0.788. The Morgan fingerprint density at radius 3 is 1.02 bits per heavy atom. The number of esters is 10. The van der Waals surface area contributed by atoms with E-state index < -0.39 is 46.4 Å².